The van der Waals surface area contributed by atoms with Gasteiger partial charge >= 0.3 is 6.55 Å². The molecule has 5 aromatic heterocycles. The predicted octanol–water partition coefficient (Wildman–Crippen LogP) is 2.92. The Morgan fingerprint density at radius 3 is 2.62 bits per heavy atom. The van der Waals surface area contributed by atoms with Gasteiger partial charge in [0.1, 0.15) is 0 Å². The van der Waals surface area contributed by atoms with Crippen molar-refractivity contribution in [2.24, 2.45) is 0 Å². The van der Waals surface area contributed by atoms with Gasteiger partial charge in [0.25, 0.3) is 0 Å². The van der Waals surface area contributed by atoms with Crippen LogP contribution < -0.4 is 5.32 Å². The van der Waals surface area contributed by atoms with Gasteiger partial charge in [-0.1, -0.05) is 11.6 Å². The van der Waals surface area contributed by atoms with Crippen molar-refractivity contribution >= 4 is 28.8 Å². The van der Waals surface area contributed by atoms with E-state index in [0.29, 0.717) is 16.9 Å². The molecule has 0 saturated carbocycles. The third-order valence-corrected chi connectivity index (χ3v) is 6.53. The Bertz CT molecular complexity index is 1650. The minimum atomic E-state index is -2.95. The van der Waals surface area contributed by atoms with E-state index < -0.39 is 29.7 Å². The van der Waals surface area contributed by atoms with Gasteiger partial charge in [-0.05, 0) is 19.4 Å². The first-order valence-corrected chi connectivity index (χ1v) is 11.2. The van der Waals surface area contributed by atoms with Crippen molar-refractivity contribution in [1.82, 2.24) is 49.6 Å². The van der Waals surface area contributed by atoms with Crippen LogP contribution in [0.4, 0.5) is 18.9 Å². The lowest BCUT2D eigenvalue weighted by molar-refractivity contribution is -0.117. The first-order valence-electron chi connectivity index (χ1n) is 10.8. The van der Waals surface area contributed by atoms with Crippen LogP contribution in [0.5, 0.6) is 0 Å². The van der Waals surface area contributed by atoms with Gasteiger partial charge in [0.15, 0.2) is 11.5 Å². The van der Waals surface area contributed by atoms with E-state index in [4.69, 9.17) is 11.6 Å². The molecule has 1 amide bonds. The Labute approximate surface area is 210 Å². The zero-order chi connectivity index (χ0) is 25.9. The Kier molecular flexibility index (Phi) is 5.18. The monoisotopic (exact) mass is 529 g/mol. The van der Waals surface area contributed by atoms with Crippen molar-refractivity contribution in [2.75, 3.05) is 5.32 Å². The molecule has 2 atom stereocenters. The molecular weight excluding hydrogens is 515 g/mol. The average molecular weight is 530 g/mol. The molecule has 0 fully saturated rings. The summed E-state index contributed by atoms with van der Waals surface area (Å²) in [6, 6.07) is 2.63. The second-order valence-corrected chi connectivity index (χ2v) is 8.96. The first kappa shape index (κ1) is 23.0. The summed E-state index contributed by atoms with van der Waals surface area (Å²) in [6.45, 7) is -1.24. The van der Waals surface area contributed by atoms with Gasteiger partial charge in [0.05, 0.1) is 58.2 Å². The van der Waals surface area contributed by atoms with E-state index in [9.17, 15) is 18.0 Å². The Balaban J connectivity index is 1.38. The molecule has 12 nitrogen and oxygen atoms in total. The number of nitrogens with zero attached hydrogens (tertiary/aromatic N) is 10. The number of hydrogen-bond donors (Lipinski definition) is 1. The lowest BCUT2D eigenvalue weighted by Crippen LogP contribution is -2.26. The van der Waals surface area contributed by atoms with Gasteiger partial charge in [-0.15, -0.1) is 14.7 Å². The summed E-state index contributed by atoms with van der Waals surface area (Å²) in [5.74, 6) is -1.76. The summed E-state index contributed by atoms with van der Waals surface area (Å²) in [4.78, 5) is 23.4. The number of hydrogen-bond acceptors (Lipinski definition) is 8. The van der Waals surface area contributed by atoms with E-state index in [0.717, 1.165) is 6.07 Å². The molecule has 0 aliphatic heterocycles. The van der Waals surface area contributed by atoms with Crippen molar-refractivity contribution < 1.29 is 18.0 Å². The highest BCUT2D eigenvalue weighted by Crippen LogP contribution is 2.49. The minimum Gasteiger partial charge on any atom is -0.324 e. The fraction of sp³-hybridized carbons (Fsp3) is 0.238. The first-order chi connectivity index (χ1) is 17.7. The van der Waals surface area contributed by atoms with Crippen LogP contribution in [0.2, 0.25) is 5.02 Å². The third kappa shape index (κ3) is 3.69. The fourth-order valence-corrected chi connectivity index (χ4v) is 4.87. The molecule has 37 heavy (non-hydrogen) atoms. The Hall–Kier alpha value is -4.40. The zero-order valence-corrected chi connectivity index (χ0v) is 19.6. The number of carbonyl (C=O) groups is 1. The maximum atomic E-state index is 14.1. The van der Waals surface area contributed by atoms with E-state index in [1.165, 1.54) is 46.4 Å². The molecule has 5 heterocycles. The molecule has 1 aliphatic carbocycles. The van der Waals surface area contributed by atoms with E-state index in [2.05, 4.69) is 40.8 Å². The normalized spacial score (nSPS) is 19.0. The van der Waals surface area contributed by atoms with Crippen molar-refractivity contribution in [3.63, 3.8) is 0 Å². The number of alkyl halides is 2. The average Bonchev–Trinajstić information content (AvgIpc) is 3.64. The summed E-state index contributed by atoms with van der Waals surface area (Å²) in [5.41, 5.74) is 0.411. The molecule has 1 aliphatic rings. The number of halogens is 4. The smallest absolute Gasteiger partial charge is 0.324 e. The maximum Gasteiger partial charge on any atom is 0.348 e. The molecule has 1 N–H and O–H groups in total. The second kappa shape index (κ2) is 8.33. The quantitative estimate of drug-likeness (QED) is 0.367. The summed E-state index contributed by atoms with van der Waals surface area (Å²) < 4.78 is 41.8. The lowest BCUT2D eigenvalue weighted by Gasteiger charge is -2.23. The highest BCUT2D eigenvalue weighted by Gasteiger charge is 2.49. The summed E-state index contributed by atoms with van der Waals surface area (Å²) >= 11 is 6.32. The van der Waals surface area contributed by atoms with Gasteiger partial charge in [-0.25, -0.2) is 14.5 Å². The summed E-state index contributed by atoms with van der Waals surface area (Å²) in [6.07, 6.45) is 7.10. The molecule has 0 spiro atoms. The lowest BCUT2D eigenvalue weighted by atomic mass is 9.83. The summed E-state index contributed by atoms with van der Waals surface area (Å²) in [7, 11) is 0. The highest BCUT2D eigenvalue weighted by molar-refractivity contribution is 6.32. The largest absolute Gasteiger partial charge is 0.348 e. The number of amides is 1. The molecule has 0 saturated heterocycles. The molecule has 0 radical (unpaired) electrons. The topological polar surface area (TPSA) is 134 Å². The zero-order valence-electron chi connectivity index (χ0n) is 18.8. The number of pyridine rings is 1. The van der Waals surface area contributed by atoms with Crippen LogP contribution in [0, 0.1) is 5.95 Å². The molecule has 0 aromatic carbocycles. The molecule has 0 unspecified atom stereocenters. The van der Waals surface area contributed by atoms with Crippen LogP contribution in [0.1, 0.15) is 42.8 Å². The molecule has 6 rings (SSSR count). The molecular formula is C21H15ClF3N11O. The van der Waals surface area contributed by atoms with E-state index in [-0.39, 0.29) is 33.4 Å². The maximum absolute atomic E-state index is 14.1. The van der Waals surface area contributed by atoms with Crippen LogP contribution in [0.25, 0.3) is 11.5 Å². The van der Waals surface area contributed by atoms with Gasteiger partial charge in [0.2, 0.25) is 11.9 Å². The van der Waals surface area contributed by atoms with Crippen LogP contribution in [-0.4, -0.2) is 55.5 Å². The van der Waals surface area contributed by atoms with Gasteiger partial charge < -0.3 is 5.32 Å². The highest BCUT2D eigenvalue weighted by atomic mass is 35.5. The molecule has 5 aromatic rings. The second-order valence-electron chi connectivity index (χ2n) is 8.55. The Morgan fingerprint density at radius 1 is 1.14 bits per heavy atom. The Morgan fingerprint density at radius 2 is 1.92 bits per heavy atom. The van der Waals surface area contributed by atoms with Crippen LogP contribution >= 0.6 is 11.6 Å². The standard InChI is InChI=1S/C21H15ClF3N11O/c1-21(14-9-30-36(32-14)20(24)25)6-11(12-8-26-16-5-15(23)33-34(16)17(12)21)19(37)31-10-4-13(22)18(27-7-10)35-28-2-3-29-35/h2-5,7-9,11,20H,6H2,1H3,(H,31,37)/t11-,21+/m0/s1. The minimum absolute atomic E-state index is 0.106. The number of carbonyl (C=O) groups excluding carboxylic acids is 1. The summed E-state index contributed by atoms with van der Waals surface area (Å²) in [5, 5.41) is 22.4. The van der Waals surface area contributed by atoms with Gasteiger partial charge in [-0.2, -0.15) is 33.6 Å². The van der Waals surface area contributed by atoms with E-state index >= 15 is 0 Å². The number of anilines is 1. The van der Waals surface area contributed by atoms with Crippen molar-refractivity contribution in [1.29, 1.82) is 0 Å². The van der Waals surface area contributed by atoms with Gasteiger partial charge in [-0.3, -0.25) is 4.79 Å². The SMILES string of the molecule is C[C@]1(c2cnn(C(F)F)n2)C[C@H](C(=O)Nc2cnc(-n3nccn3)c(Cl)c2)c2cnc3cc(F)nn3c21. The number of aromatic nitrogens is 10. The molecule has 0 bridgehead atoms. The fourth-order valence-electron chi connectivity index (χ4n) is 4.62. The van der Waals surface area contributed by atoms with Crippen molar-refractivity contribution in [2.45, 2.75) is 31.2 Å². The van der Waals surface area contributed by atoms with E-state index in [1.54, 1.807) is 6.92 Å². The molecule has 188 valence electrons. The van der Waals surface area contributed by atoms with E-state index in [1.807, 2.05) is 0 Å². The van der Waals surface area contributed by atoms with Crippen molar-refractivity contribution in [3.8, 4) is 5.82 Å². The van der Waals surface area contributed by atoms with Gasteiger partial charge in [0, 0.05) is 17.8 Å². The number of nitrogens with one attached hydrogen (secondary N) is 1. The van der Waals surface area contributed by atoms with Crippen LogP contribution in [0.15, 0.2) is 43.1 Å². The third-order valence-electron chi connectivity index (χ3n) is 6.25. The molecule has 16 heteroatoms. The number of rotatable bonds is 5. The van der Waals surface area contributed by atoms with Crippen LogP contribution in [0.3, 0.4) is 0 Å². The van der Waals surface area contributed by atoms with Crippen molar-refractivity contribution in [3.05, 3.63) is 71.0 Å². The predicted molar refractivity (Wildman–Crippen MR) is 121 cm³/mol. The number of fused-ring (bicyclic) bond motifs is 3. The van der Waals surface area contributed by atoms with Crippen LogP contribution in [-0.2, 0) is 10.2 Å².